The fraction of sp³-hybridized carbons (Fsp3) is 0.826. The Kier molecular flexibility index (Phi) is 11.3. The van der Waals surface area contributed by atoms with Crippen molar-refractivity contribution in [2.45, 2.75) is 115 Å². The Bertz CT molecular complexity index is 486. The van der Waals surface area contributed by atoms with Crippen molar-refractivity contribution < 1.29 is 14.7 Å². The SMILES string of the molecule is O=C(C=C1CCCCCCC1)NCCCC[C@H](NC1CCCCCC1)C(=O)O. The first-order valence-corrected chi connectivity index (χ1v) is 11.6. The molecule has 1 atom stereocenters. The Morgan fingerprint density at radius 3 is 2.18 bits per heavy atom. The molecule has 0 heterocycles. The number of allylic oxidation sites excluding steroid dienone is 1. The van der Waals surface area contributed by atoms with E-state index in [9.17, 15) is 14.7 Å². The van der Waals surface area contributed by atoms with E-state index in [2.05, 4.69) is 10.6 Å². The molecule has 2 saturated carbocycles. The zero-order valence-corrected chi connectivity index (χ0v) is 17.5. The van der Waals surface area contributed by atoms with Gasteiger partial charge in [0.1, 0.15) is 6.04 Å². The van der Waals surface area contributed by atoms with Gasteiger partial charge in [0.25, 0.3) is 0 Å². The molecule has 5 heteroatoms. The molecule has 2 aliphatic carbocycles. The summed E-state index contributed by atoms with van der Waals surface area (Å²) in [5, 5.41) is 15.8. The first-order chi connectivity index (χ1) is 13.6. The van der Waals surface area contributed by atoms with Crippen LogP contribution in [0.15, 0.2) is 11.6 Å². The lowest BCUT2D eigenvalue weighted by Crippen LogP contribution is -2.43. The monoisotopic (exact) mass is 392 g/mol. The fourth-order valence-electron chi connectivity index (χ4n) is 4.43. The van der Waals surface area contributed by atoms with Gasteiger partial charge in [0.15, 0.2) is 0 Å². The lowest BCUT2D eigenvalue weighted by atomic mass is 9.96. The molecule has 2 fully saturated rings. The summed E-state index contributed by atoms with van der Waals surface area (Å²) in [4.78, 5) is 23.7. The molecule has 0 radical (unpaired) electrons. The minimum Gasteiger partial charge on any atom is -0.480 e. The second-order valence-corrected chi connectivity index (χ2v) is 8.60. The number of hydrogen-bond acceptors (Lipinski definition) is 3. The topological polar surface area (TPSA) is 78.4 Å². The van der Waals surface area contributed by atoms with Gasteiger partial charge < -0.3 is 15.7 Å². The number of carbonyl (C=O) groups is 2. The summed E-state index contributed by atoms with van der Waals surface area (Å²) < 4.78 is 0. The maximum absolute atomic E-state index is 12.1. The Labute approximate surface area is 170 Å². The predicted octanol–water partition coefficient (Wildman–Crippen LogP) is 4.71. The average molecular weight is 393 g/mol. The van der Waals surface area contributed by atoms with E-state index in [1.54, 1.807) is 6.08 Å². The highest BCUT2D eigenvalue weighted by Crippen LogP contribution is 2.21. The maximum atomic E-state index is 12.1. The summed E-state index contributed by atoms with van der Waals surface area (Å²) in [5.41, 5.74) is 1.29. The lowest BCUT2D eigenvalue weighted by molar-refractivity contribution is -0.140. The van der Waals surface area contributed by atoms with Gasteiger partial charge in [-0.25, -0.2) is 0 Å². The summed E-state index contributed by atoms with van der Waals surface area (Å²) in [6.45, 7) is 0.623. The highest BCUT2D eigenvalue weighted by Gasteiger charge is 2.21. The number of carbonyl (C=O) groups excluding carboxylic acids is 1. The van der Waals surface area contributed by atoms with Crippen LogP contribution in [0.1, 0.15) is 103 Å². The van der Waals surface area contributed by atoms with Crippen molar-refractivity contribution in [1.82, 2.24) is 10.6 Å². The second-order valence-electron chi connectivity index (χ2n) is 8.60. The van der Waals surface area contributed by atoms with Crippen molar-refractivity contribution in [2.24, 2.45) is 0 Å². The number of aliphatic carboxylic acids is 1. The minimum atomic E-state index is -0.748. The van der Waals surface area contributed by atoms with Crippen LogP contribution in [0.3, 0.4) is 0 Å². The summed E-state index contributed by atoms with van der Waals surface area (Å²) >= 11 is 0. The van der Waals surface area contributed by atoms with Crippen molar-refractivity contribution in [3.8, 4) is 0 Å². The molecule has 28 heavy (non-hydrogen) atoms. The number of carboxylic acids is 1. The van der Waals surface area contributed by atoms with Crippen LogP contribution in [0, 0.1) is 0 Å². The first kappa shape index (κ1) is 22.9. The minimum absolute atomic E-state index is 0.0157. The number of hydrogen-bond donors (Lipinski definition) is 3. The molecule has 0 unspecified atom stereocenters. The summed E-state index contributed by atoms with van der Waals surface area (Å²) in [5.74, 6) is -0.732. The zero-order chi connectivity index (χ0) is 20.0. The average Bonchev–Trinajstić information content (AvgIpc) is 2.91. The van der Waals surface area contributed by atoms with Crippen molar-refractivity contribution in [2.75, 3.05) is 6.54 Å². The van der Waals surface area contributed by atoms with Gasteiger partial charge in [-0.15, -0.1) is 0 Å². The van der Waals surface area contributed by atoms with Crippen LogP contribution in [0.5, 0.6) is 0 Å². The van der Waals surface area contributed by atoms with Crippen LogP contribution in [-0.4, -0.2) is 35.6 Å². The Hall–Kier alpha value is -1.36. The summed E-state index contributed by atoms with van der Waals surface area (Å²) in [6, 6.07) is -0.116. The van der Waals surface area contributed by atoms with Gasteiger partial charge in [0, 0.05) is 18.7 Å². The van der Waals surface area contributed by atoms with Gasteiger partial charge in [0.2, 0.25) is 5.91 Å². The van der Waals surface area contributed by atoms with Gasteiger partial charge in [-0.05, 0) is 57.8 Å². The number of amides is 1. The molecule has 0 aliphatic heterocycles. The molecule has 2 rings (SSSR count). The van der Waals surface area contributed by atoms with Gasteiger partial charge in [0.05, 0.1) is 0 Å². The molecule has 1 amide bonds. The molecule has 0 saturated heterocycles. The van der Waals surface area contributed by atoms with Crippen molar-refractivity contribution in [3.63, 3.8) is 0 Å². The lowest BCUT2D eigenvalue weighted by Gasteiger charge is -2.22. The van der Waals surface area contributed by atoms with E-state index in [4.69, 9.17) is 0 Å². The van der Waals surface area contributed by atoms with Gasteiger partial charge in [-0.2, -0.15) is 0 Å². The maximum Gasteiger partial charge on any atom is 0.320 e. The van der Waals surface area contributed by atoms with E-state index in [0.717, 1.165) is 38.5 Å². The van der Waals surface area contributed by atoms with Crippen molar-refractivity contribution in [3.05, 3.63) is 11.6 Å². The normalized spacial score (nSPS) is 20.5. The van der Waals surface area contributed by atoms with Crippen LogP contribution < -0.4 is 10.6 Å². The summed E-state index contributed by atoms with van der Waals surface area (Å²) in [6.07, 6.45) is 19.6. The number of carboxylic acid groups (broad SMARTS) is 1. The molecule has 0 bridgehead atoms. The van der Waals surface area contributed by atoms with Crippen LogP contribution in [-0.2, 0) is 9.59 Å². The molecule has 3 N–H and O–H groups in total. The third-order valence-electron chi connectivity index (χ3n) is 6.14. The van der Waals surface area contributed by atoms with Crippen LogP contribution in [0.4, 0.5) is 0 Å². The second kappa shape index (κ2) is 13.8. The molecule has 5 nitrogen and oxygen atoms in total. The predicted molar refractivity (Wildman–Crippen MR) is 113 cm³/mol. The Morgan fingerprint density at radius 1 is 0.929 bits per heavy atom. The highest BCUT2D eigenvalue weighted by atomic mass is 16.4. The molecular weight excluding hydrogens is 352 g/mol. The standard InChI is InChI=1S/C23H40N2O3/c26-22(18-19-12-6-2-1-3-7-13-19)24-17-11-10-16-21(23(27)28)25-20-14-8-4-5-9-15-20/h18,20-21,25H,1-17H2,(H,24,26)(H,27,28)/t21-/m0/s1. The van der Waals surface area contributed by atoms with E-state index in [1.165, 1.54) is 63.4 Å². The summed E-state index contributed by atoms with van der Waals surface area (Å²) in [7, 11) is 0. The van der Waals surface area contributed by atoms with Crippen LogP contribution >= 0.6 is 0 Å². The Balaban J connectivity index is 1.62. The molecule has 0 aromatic heterocycles. The number of rotatable bonds is 9. The molecule has 2 aliphatic rings. The highest BCUT2D eigenvalue weighted by molar-refractivity contribution is 5.88. The van der Waals surface area contributed by atoms with Crippen molar-refractivity contribution in [1.29, 1.82) is 0 Å². The first-order valence-electron chi connectivity index (χ1n) is 11.6. The number of unbranched alkanes of at least 4 members (excludes halogenated alkanes) is 1. The van der Waals surface area contributed by atoms with E-state index in [0.29, 0.717) is 19.0 Å². The molecule has 0 spiro atoms. The van der Waals surface area contributed by atoms with Gasteiger partial charge in [-0.3, -0.25) is 9.59 Å². The van der Waals surface area contributed by atoms with Crippen LogP contribution in [0.2, 0.25) is 0 Å². The van der Waals surface area contributed by atoms with E-state index in [-0.39, 0.29) is 5.91 Å². The quantitative estimate of drug-likeness (QED) is 0.302. The van der Waals surface area contributed by atoms with Gasteiger partial charge in [-0.1, -0.05) is 50.5 Å². The molecule has 0 aromatic carbocycles. The smallest absolute Gasteiger partial charge is 0.320 e. The third-order valence-corrected chi connectivity index (χ3v) is 6.14. The zero-order valence-electron chi connectivity index (χ0n) is 17.5. The largest absolute Gasteiger partial charge is 0.480 e. The van der Waals surface area contributed by atoms with E-state index in [1.807, 2.05) is 0 Å². The van der Waals surface area contributed by atoms with Crippen LogP contribution in [0.25, 0.3) is 0 Å². The van der Waals surface area contributed by atoms with Crippen molar-refractivity contribution >= 4 is 11.9 Å². The van der Waals surface area contributed by atoms with E-state index < -0.39 is 12.0 Å². The fourth-order valence-corrected chi connectivity index (χ4v) is 4.43. The molecule has 0 aromatic rings. The number of nitrogens with one attached hydrogen (secondary N) is 2. The molecular formula is C23H40N2O3. The van der Waals surface area contributed by atoms with Gasteiger partial charge >= 0.3 is 5.97 Å². The molecule has 160 valence electrons. The van der Waals surface area contributed by atoms with E-state index >= 15 is 0 Å². The third kappa shape index (κ3) is 9.72. The Morgan fingerprint density at radius 2 is 1.54 bits per heavy atom.